The molecule has 3 nitrogen and oxygen atoms in total. The van der Waals surface area contributed by atoms with Gasteiger partial charge in [0.1, 0.15) is 5.75 Å². The highest BCUT2D eigenvalue weighted by molar-refractivity contribution is 5.44. The van der Waals surface area contributed by atoms with Gasteiger partial charge in [-0.05, 0) is 24.6 Å². The molecule has 1 aliphatic heterocycles. The Morgan fingerprint density at radius 3 is 2.79 bits per heavy atom. The number of nitrogens with zero attached hydrogens (tertiary/aromatic N) is 1. The molecule has 19 heavy (non-hydrogen) atoms. The largest absolute Gasteiger partial charge is 0.493 e. The highest BCUT2D eigenvalue weighted by Crippen LogP contribution is 2.33. The molecule has 1 aromatic rings. The fraction of sp³-hybridized carbons (Fsp3) is 0.462. The summed E-state index contributed by atoms with van der Waals surface area (Å²) >= 11 is 0. The van der Waals surface area contributed by atoms with Crippen LogP contribution < -0.4 is 4.74 Å². The zero-order valence-electron chi connectivity index (χ0n) is 10.0. The van der Waals surface area contributed by atoms with E-state index in [0.29, 0.717) is 19.8 Å². The summed E-state index contributed by atoms with van der Waals surface area (Å²) in [6, 6.07) is 4.78. The first-order valence-corrected chi connectivity index (χ1v) is 5.82. The molecule has 0 aromatic heterocycles. The fourth-order valence-corrected chi connectivity index (χ4v) is 1.88. The van der Waals surface area contributed by atoms with Gasteiger partial charge in [0.05, 0.1) is 30.4 Å². The number of benzene rings is 1. The first-order valence-electron chi connectivity index (χ1n) is 5.82. The van der Waals surface area contributed by atoms with E-state index in [9.17, 15) is 13.2 Å². The van der Waals surface area contributed by atoms with Crippen molar-refractivity contribution in [2.75, 3.05) is 19.8 Å². The number of alkyl halides is 3. The van der Waals surface area contributed by atoms with E-state index in [-0.39, 0.29) is 11.7 Å². The Labute approximate surface area is 108 Å². The summed E-state index contributed by atoms with van der Waals surface area (Å²) in [5.41, 5.74) is -1.36. The third-order valence-electron chi connectivity index (χ3n) is 2.93. The molecule has 0 spiro atoms. The van der Waals surface area contributed by atoms with E-state index in [4.69, 9.17) is 14.7 Å². The summed E-state index contributed by atoms with van der Waals surface area (Å²) in [5.74, 6) is 0.532. The normalized spacial score (nSPS) is 19.2. The van der Waals surface area contributed by atoms with E-state index < -0.39 is 17.3 Å². The van der Waals surface area contributed by atoms with E-state index in [1.54, 1.807) is 6.07 Å². The van der Waals surface area contributed by atoms with Crippen molar-refractivity contribution in [3.8, 4) is 11.8 Å². The SMILES string of the molecule is N#Cc1cc(OCC2CCOC2)ccc1C(F)(F)F. The van der Waals surface area contributed by atoms with Crippen molar-refractivity contribution in [2.24, 2.45) is 5.92 Å². The number of nitriles is 1. The summed E-state index contributed by atoms with van der Waals surface area (Å²) in [7, 11) is 0. The maximum absolute atomic E-state index is 12.6. The van der Waals surface area contributed by atoms with Crippen LogP contribution in [0.2, 0.25) is 0 Å². The Bertz CT molecular complexity index is 488. The summed E-state index contributed by atoms with van der Waals surface area (Å²) in [6.45, 7) is 1.67. The first-order chi connectivity index (χ1) is 9.00. The van der Waals surface area contributed by atoms with Crippen molar-refractivity contribution in [3.05, 3.63) is 29.3 Å². The number of halogens is 3. The lowest BCUT2D eigenvalue weighted by atomic mass is 10.1. The van der Waals surface area contributed by atoms with Crippen molar-refractivity contribution in [3.63, 3.8) is 0 Å². The molecule has 102 valence electrons. The van der Waals surface area contributed by atoms with Crippen LogP contribution in [0.5, 0.6) is 5.75 Å². The standard InChI is InChI=1S/C13H12F3NO2/c14-13(15,16)12-2-1-11(5-10(12)6-17)19-8-9-3-4-18-7-9/h1-2,5,9H,3-4,7-8H2. The van der Waals surface area contributed by atoms with Crippen LogP contribution in [-0.2, 0) is 10.9 Å². The zero-order valence-corrected chi connectivity index (χ0v) is 10.0. The van der Waals surface area contributed by atoms with Crippen LogP contribution in [0.15, 0.2) is 18.2 Å². The van der Waals surface area contributed by atoms with Crippen LogP contribution in [0.4, 0.5) is 13.2 Å². The molecule has 2 rings (SSSR count). The minimum atomic E-state index is -4.52. The van der Waals surface area contributed by atoms with Crippen LogP contribution in [0.3, 0.4) is 0 Å². The van der Waals surface area contributed by atoms with E-state index in [1.165, 1.54) is 6.07 Å². The summed E-state index contributed by atoms with van der Waals surface area (Å²) in [6.07, 6.45) is -3.64. The third kappa shape index (κ3) is 3.38. The van der Waals surface area contributed by atoms with Gasteiger partial charge in [0.2, 0.25) is 0 Å². The molecule has 0 N–H and O–H groups in total. The molecule has 0 bridgehead atoms. The molecule has 1 unspecified atom stereocenters. The van der Waals surface area contributed by atoms with Crippen molar-refractivity contribution >= 4 is 0 Å². The fourth-order valence-electron chi connectivity index (χ4n) is 1.88. The van der Waals surface area contributed by atoms with Crippen LogP contribution in [0.1, 0.15) is 17.5 Å². The summed E-state index contributed by atoms with van der Waals surface area (Å²) in [5, 5.41) is 8.76. The minimum Gasteiger partial charge on any atom is -0.493 e. The quantitative estimate of drug-likeness (QED) is 0.848. The molecule has 1 saturated heterocycles. The van der Waals surface area contributed by atoms with Crippen molar-refractivity contribution in [1.82, 2.24) is 0 Å². The van der Waals surface area contributed by atoms with Crippen molar-refractivity contribution < 1.29 is 22.6 Å². The van der Waals surface area contributed by atoms with Gasteiger partial charge in [-0.2, -0.15) is 18.4 Å². The van der Waals surface area contributed by atoms with Crippen molar-refractivity contribution in [2.45, 2.75) is 12.6 Å². The number of hydrogen-bond donors (Lipinski definition) is 0. The lowest BCUT2D eigenvalue weighted by Gasteiger charge is -2.13. The average molecular weight is 271 g/mol. The summed E-state index contributed by atoms with van der Waals surface area (Å²) in [4.78, 5) is 0. The zero-order chi connectivity index (χ0) is 13.9. The molecule has 0 amide bonds. The summed E-state index contributed by atoms with van der Waals surface area (Å²) < 4.78 is 48.3. The van der Waals surface area contributed by atoms with E-state index in [0.717, 1.165) is 18.6 Å². The monoisotopic (exact) mass is 271 g/mol. The van der Waals surface area contributed by atoms with E-state index in [2.05, 4.69) is 0 Å². The smallest absolute Gasteiger partial charge is 0.417 e. The molecule has 0 radical (unpaired) electrons. The van der Waals surface area contributed by atoms with E-state index >= 15 is 0 Å². The van der Waals surface area contributed by atoms with Gasteiger partial charge in [0, 0.05) is 12.5 Å². The van der Waals surface area contributed by atoms with Gasteiger partial charge < -0.3 is 9.47 Å². The molecule has 1 heterocycles. The Kier molecular flexibility index (Phi) is 3.96. The number of hydrogen-bond acceptors (Lipinski definition) is 3. The van der Waals surface area contributed by atoms with Gasteiger partial charge in [-0.25, -0.2) is 0 Å². The van der Waals surface area contributed by atoms with Gasteiger partial charge in [-0.3, -0.25) is 0 Å². The second kappa shape index (κ2) is 5.49. The molecule has 1 atom stereocenters. The Balaban J connectivity index is 2.08. The lowest BCUT2D eigenvalue weighted by Crippen LogP contribution is -2.12. The van der Waals surface area contributed by atoms with Gasteiger partial charge in [0.15, 0.2) is 0 Å². The predicted molar refractivity (Wildman–Crippen MR) is 60.6 cm³/mol. The van der Waals surface area contributed by atoms with Crippen LogP contribution in [0.25, 0.3) is 0 Å². The second-order valence-electron chi connectivity index (χ2n) is 4.36. The third-order valence-corrected chi connectivity index (χ3v) is 2.93. The molecule has 1 aromatic carbocycles. The molecule has 1 aliphatic rings. The van der Waals surface area contributed by atoms with E-state index in [1.807, 2.05) is 0 Å². The molecule has 0 saturated carbocycles. The first kappa shape index (κ1) is 13.7. The Morgan fingerprint density at radius 1 is 1.42 bits per heavy atom. The highest BCUT2D eigenvalue weighted by atomic mass is 19.4. The Morgan fingerprint density at radius 2 is 2.21 bits per heavy atom. The lowest BCUT2D eigenvalue weighted by molar-refractivity contribution is -0.137. The topological polar surface area (TPSA) is 42.2 Å². The number of ether oxygens (including phenoxy) is 2. The van der Waals surface area contributed by atoms with Crippen LogP contribution in [0, 0.1) is 17.2 Å². The maximum Gasteiger partial charge on any atom is 0.417 e. The molecular weight excluding hydrogens is 259 g/mol. The predicted octanol–water partition coefficient (Wildman–Crippen LogP) is 2.99. The van der Waals surface area contributed by atoms with Gasteiger partial charge >= 0.3 is 6.18 Å². The molecule has 1 fully saturated rings. The maximum atomic E-state index is 12.6. The van der Waals surface area contributed by atoms with Gasteiger partial charge in [-0.15, -0.1) is 0 Å². The second-order valence-corrected chi connectivity index (χ2v) is 4.36. The molecular formula is C13H12F3NO2. The van der Waals surface area contributed by atoms with Crippen LogP contribution in [-0.4, -0.2) is 19.8 Å². The van der Waals surface area contributed by atoms with Crippen LogP contribution >= 0.6 is 0 Å². The van der Waals surface area contributed by atoms with Crippen molar-refractivity contribution in [1.29, 1.82) is 5.26 Å². The molecule has 6 heteroatoms. The van der Waals surface area contributed by atoms with Gasteiger partial charge in [0.25, 0.3) is 0 Å². The Hall–Kier alpha value is -1.74. The van der Waals surface area contributed by atoms with Gasteiger partial charge in [-0.1, -0.05) is 0 Å². The number of rotatable bonds is 3. The average Bonchev–Trinajstić information content (AvgIpc) is 2.88. The highest BCUT2D eigenvalue weighted by Gasteiger charge is 2.33. The minimum absolute atomic E-state index is 0.257. The molecule has 0 aliphatic carbocycles.